The molecule has 0 radical (unpaired) electrons. The Balaban J connectivity index is 1.84. The van der Waals surface area contributed by atoms with Gasteiger partial charge in [0.05, 0.1) is 0 Å². The van der Waals surface area contributed by atoms with Crippen LogP contribution in [-0.2, 0) is 24.4 Å². The number of rotatable bonds is 3. The summed E-state index contributed by atoms with van der Waals surface area (Å²) in [5.41, 5.74) is 8.12. The van der Waals surface area contributed by atoms with Gasteiger partial charge in [-0.3, -0.25) is 0 Å². The average molecular weight is 572 g/mol. The molecule has 0 bridgehead atoms. The van der Waals surface area contributed by atoms with Gasteiger partial charge in [0, 0.05) is 0 Å². The molecule has 149 valence electrons. The maximum atomic E-state index is 2.36. The van der Waals surface area contributed by atoms with E-state index in [0.717, 1.165) is 30.8 Å². The second kappa shape index (κ2) is 8.15. The van der Waals surface area contributed by atoms with E-state index in [4.69, 9.17) is 0 Å². The van der Waals surface area contributed by atoms with Crippen molar-refractivity contribution in [3.8, 4) is 0 Å². The zero-order valence-electron chi connectivity index (χ0n) is 17.7. The van der Waals surface area contributed by atoms with Gasteiger partial charge in [0.2, 0.25) is 0 Å². The van der Waals surface area contributed by atoms with Crippen molar-refractivity contribution >= 4 is 14.5 Å². The molecule has 0 spiro atoms. The molecule has 32 heavy (non-hydrogen) atoms. The van der Waals surface area contributed by atoms with Crippen molar-refractivity contribution in [1.29, 1.82) is 0 Å². The van der Waals surface area contributed by atoms with Gasteiger partial charge in [-0.25, -0.2) is 0 Å². The Bertz CT molecular complexity index is 1580. The fraction of sp³-hybridized carbons (Fsp3) is 0.0323. The van der Waals surface area contributed by atoms with Crippen LogP contribution in [0, 0.1) is 10.4 Å². The molecule has 0 nitrogen and oxygen atoms in total. The quantitative estimate of drug-likeness (QED) is 0.282. The third-order valence-electron chi connectivity index (χ3n) is 6.43. The fourth-order valence-corrected chi connectivity index (χ4v) is 6.74. The van der Waals surface area contributed by atoms with Crippen LogP contribution in [0.5, 0.6) is 0 Å². The molecule has 4 aromatic rings. The SMILES string of the molecule is [Hf][C]1=c2ccccc2=c2ccc(=C(c3ccccc3)c3ccccc3)c(C3=CC=CC3)c21. The first-order valence-corrected chi connectivity index (χ1v) is 12.8. The molecule has 4 aromatic carbocycles. The Morgan fingerprint density at radius 3 is 1.84 bits per heavy atom. The molecule has 0 heterocycles. The summed E-state index contributed by atoms with van der Waals surface area (Å²) in [6.07, 6.45) is 7.78. The maximum absolute atomic E-state index is 2.36. The zero-order valence-corrected chi connectivity index (χ0v) is 21.3. The summed E-state index contributed by atoms with van der Waals surface area (Å²) in [4.78, 5) is 0. The van der Waals surface area contributed by atoms with Crippen LogP contribution < -0.4 is 10.4 Å². The van der Waals surface area contributed by atoms with E-state index >= 15 is 0 Å². The van der Waals surface area contributed by atoms with E-state index in [0.29, 0.717) is 0 Å². The molecule has 0 fully saturated rings. The van der Waals surface area contributed by atoms with E-state index in [-0.39, 0.29) is 0 Å². The summed E-state index contributed by atoms with van der Waals surface area (Å²) in [5, 5.41) is 5.52. The number of fused-ring (bicyclic) bond motifs is 2. The first-order chi connectivity index (χ1) is 15.8. The van der Waals surface area contributed by atoms with Crippen molar-refractivity contribution in [1.82, 2.24) is 0 Å². The predicted molar refractivity (Wildman–Crippen MR) is 129 cm³/mol. The molecule has 0 saturated carbocycles. The Hall–Kier alpha value is -3.03. The molecule has 2 aliphatic carbocycles. The second-order valence-corrected chi connectivity index (χ2v) is 10.1. The van der Waals surface area contributed by atoms with Crippen LogP contribution in [0.1, 0.15) is 28.7 Å². The van der Waals surface area contributed by atoms with Gasteiger partial charge in [0.15, 0.2) is 0 Å². The van der Waals surface area contributed by atoms with Crippen molar-refractivity contribution in [2.45, 2.75) is 6.42 Å². The Morgan fingerprint density at radius 2 is 1.22 bits per heavy atom. The fourth-order valence-electron chi connectivity index (χ4n) is 5.02. The summed E-state index contributed by atoms with van der Waals surface area (Å²) in [6.45, 7) is 0. The van der Waals surface area contributed by atoms with Crippen LogP contribution in [0.15, 0.2) is 115 Å². The van der Waals surface area contributed by atoms with E-state index in [1.54, 1.807) is 0 Å². The zero-order chi connectivity index (χ0) is 21.5. The van der Waals surface area contributed by atoms with Crippen LogP contribution in [0.25, 0.3) is 14.5 Å². The van der Waals surface area contributed by atoms with E-state index in [9.17, 15) is 0 Å². The van der Waals surface area contributed by atoms with Crippen molar-refractivity contribution in [3.63, 3.8) is 0 Å². The number of hydrogen-bond acceptors (Lipinski definition) is 0. The monoisotopic (exact) mass is 573 g/mol. The van der Waals surface area contributed by atoms with E-state index in [1.165, 1.54) is 57.6 Å². The summed E-state index contributed by atoms with van der Waals surface area (Å²) in [5.74, 6) is 0. The third-order valence-corrected chi connectivity index (χ3v) is 8.29. The van der Waals surface area contributed by atoms with Gasteiger partial charge < -0.3 is 0 Å². The Kier molecular flexibility index (Phi) is 5.00. The first kappa shape index (κ1) is 19.6. The Labute approximate surface area is 202 Å². The molecule has 1 heteroatoms. The number of hydrogen-bond donors (Lipinski definition) is 0. The molecule has 0 amide bonds. The molecule has 6 rings (SSSR count). The third kappa shape index (κ3) is 3.15. The summed E-state index contributed by atoms with van der Waals surface area (Å²) in [6, 6.07) is 35.3. The van der Waals surface area contributed by atoms with Crippen molar-refractivity contribution in [3.05, 3.63) is 158 Å². The van der Waals surface area contributed by atoms with Gasteiger partial charge in [-0.2, -0.15) is 0 Å². The topological polar surface area (TPSA) is 0 Å². The molecule has 2 aliphatic rings. The molecule has 0 aromatic heterocycles. The van der Waals surface area contributed by atoms with Crippen LogP contribution in [0.3, 0.4) is 0 Å². The normalized spacial score (nSPS) is 13.6. The Morgan fingerprint density at radius 1 is 0.594 bits per heavy atom. The predicted octanol–water partition coefficient (Wildman–Crippen LogP) is 5.58. The molecule has 0 atom stereocenters. The van der Waals surface area contributed by atoms with E-state index in [1.807, 2.05) is 0 Å². The van der Waals surface area contributed by atoms with Gasteiger partial charge >= 0.3 is 204 Å². The van der Waals surface area contributed by atoms with Crippen molar-refractivity contribution in [2.75, 3.05) is 0 Å². The second-order valence-electron chi connectivity index (χ2n) is 8.26. The summed E-state index contributed by atoms with van der Waals surface area (Å²) in [7, 11) is 0. The van der Waals surface area contributed by atoms with E-state index < -0.39 is 0 Å². The molecular formula is C31H21Hf. The van der Waals surface area contributed by atoms with Crippen molar-refractivity contribution in [2.24, 2.45) is 0 Å². The van der Waals surface area contributed by atoms with Crippen LogP contribution >= 0.6 is 0 Å². The van der Waals surface area contributed by atoms with Crippen LogP contribution in [-0.4, -0.2) is 0 Å². The number of allylic oxidation sites excluding steroid dienone is 4. The molecule has 0 saturated heterocycles. The standard InChI is InChI=1S/C31H21.Hf/c1-3-11-22(12-4-1)30(23-13-5-2-6-14-23)28-20-19-27-26-18-10-9-17-25(26)21-29(27)31(28)24-15-7-8-16-24;/h1-15,17-20H,16H2;. The first-order valence-electron chi connectivity index (χ1n) is 11.0. The van der Waals surface area contributed by atoms with Crippen molar-refractivity contribution < 1.29 is 24.4 Å². The average Bonchev–Trinajstić information content (AvgIpc) is 3.48. The molecule has 0 aliphatic heterocycles. The van der Waals surface area contributed by atoms with Gasteiger partial charge in [-0.05, 0) is 0 Å². The molecular weight excluding hydrogens is 551 g/mol. The summed E-state index contributed by atoms with van der Waals surface area (Å²) >= 11 is 1.02. The van der Waals surface area contributed by atoms with Crippen LogP contribution in [0.2, 0.25) is 0 Å². The van der Waals surface area contributed by atoms with Crippen LogP contribution in [0.4, 0.5) is 0 Å². The van der Waals surface area contributed by atoms with Gasteiger partial charge in [0.1, 0.15) is 0 Å². The minimum absolute atomic E-state index is 0.992. The number of benzene rings is 4. The van der Waals surface area contributed by atoms with Gasteiger partial charge in [0.25, 0.3) is 0 Å². The molecule has 0 unspecified atom stereocenters. The summed E-state index contributed by atoms with van der Waals surface area (Å²) < 4.78 is 1.51. The minimum atomic E-state index is 0.992. The van der Waals surface area contributed by atoms with E-state index in [2.05, 4.69) is 115 Å². The van der Waals surface area contributed by atoms with Gasteiger partial charge in [-0.1, -0.05) is 0 Å². The molecule has 0 N–H and O–H groups in total. The van der Waals surface area contributed by atoms with Gasteiger partial charge in [-0.15, -0.1) is 0 Å².